The Balaban J connectivity index is 1.27. The van der Waals surface area contributed by atoms with Crippen LogP contribution in [0, 0.1) is 0 Å². The average molecular weight is 522 g/mol. The lowest BCUT2D eigenvalue weighted by Crippen LogP contribution is -2.24. The predicted molar refractivity (Wildman–Crippen MR) is 158 cm³/mol. The van der Waals surface area contributed by atoms with Crippen molar-refractivity contribution in [2.24, 2.45) is 0 Å². The molecule has 3 aromatic rings. The minimum Gasteiger partial charge on any atom is -0.497 e. The Hall–Kier alpha value is -2.82. The zero-order valence-corrected chi connectivity index (χ0v) is 23.6. The molecule has 1 aromatic heterocycles. The second kappa shape index (κ2) is 16.9. The van der Waals surface area contributed by atoms with Crippen molar-refractivity contribution in [3.63, 3.8) is 0 Å². The lowest BCUT2D eigenvalue weighted by atomic mass is 10.0. The number of unbranched alkanes of at least 4 members (excludes halogenated alkanes) is 15. The molecule has 0 bridgehead atoms. The molecule has 0 spiro atoms. The number of carbonyl (C=O) groups excluding carboxylic acids is 1. The molecule has 0 aliphatic heterocycles. The molecule has 38 heavy (non-hydrogen) atoms. The monoisotopic (exact) mass is 521 g/mol. The molecule has 0 radical (unpaired) electrons. The lowest BCUT2D eigenvalue weighted by molar-refractivity contribution is 0.0953. The lowest BCUT2D eigenvalue weighted by Gasteiger charge is -2.07. The number of carbonyl (C=O) groups is 1. The van der Waals surface area contributed by atoms with Crippen LogP contribution in [0.25, 0.3) is 21.9 Å². The van der Waals surface area contributed by atoms with Gasteiger partial charge in [0.05, 0.1) is 17.9 Å². The fourth-order valence-corrected chi connectivity index (χ4v) is 5.08. The van der Waals surface area contributed by atoms with Gasteiger partial charge in [-0.15, -0.1) is 0 Å². The van der Waals surface area contributed by atoms with Gasteiger partial charge in [-0.1, -0.05) is 103 Å². The van der Waals surface area contributed by atoms with E-state index in [1.54, 1.807) is 43.5 Å². The van der Waals surface area contributed by atoms with E-state index in [4.69, 9.17) is 9.15 Å². The second-order valence-electron chi connectivity index (χ2n) is 10.6. The third-order valence-electron chi connectivity index (χ3n) is 7.45. The topological polar surface area (TPSA) is 68.5 Å². The van der Waals surface area contributed by atoms with Gasteiger partial charge in [-0.25, -0.2) is 0 Å². The number of rotatable bonds is 19. The number of hydrogen-bond acceptors (Lipinski definition) is 4. The van der Waals surface area contributed by atoms with E-state index in [1.807, 2.05) is 0 Å². The van der Waals surface area contributed by atoms with E-state index in [0.717, 1.165) is 12.8 Å². The third-order valence-corrected chi connectivity index (χ3v) is 7.45. The highest BCUT2D eigenvalue weighted by molar-refractivity contribution is 5.99. The van der Waals surface area contributed by atoms with Crippen molar-refractivity contribution in [2.75, 3.05) is 13.7 Å². The zero-order valence-electron chi connectivity index (χ0n) is 23.6. The standard InChI is InChI=1S/C33H47NO4/c1-3-4-5-6-7-8-9-10-11-12-13-14-15-16-17-18-23-34-33(36)26-19-21-30-28(24-26)32(35)29-25-27(37-2)20-22-31(29)38-30/h19-22,24-25H,3-18,23H2,1-2H3,(H,34,36). The molecule has 3 rings (SSSR count). The fourth-order valence-electron chi connectivity index (χ4n) is 5.08. The normalized spacial score (nSPS) is 11.3. The van der Waals surface area contributed by atoms with Gasteiger partial charge in [0.2, 0.25) is 5.43 Å². The number of ether oxygens (including phenoxy) is 1. The summed E-state index contributed by atoms with van der Waals surface area (Å²) in [6, 6.07) is 10.2. The van der Waals surface area contributed by atoms with Crippen LogP contribution in [-0.4, -0.2) is 19.6 Å². The van der Waals surface area contributed by atoms with Crippen LogP contribution in [0.5, 0.6) is 5.75 Å². The van der Waals surface area contributed by atoms with Crippen LogP contribution in [0.2, 0.25) is 0 Å². The van der Waals surface area contributed by atoms with E-state index in [2.05, 4.69) is 12.2 Å². The van der Waals surface area contributed by atoms with Crippen LogP contribution in [0.1, 0.15) is 120 Å². The van der Waals surface area contributed by atoms with Gasteiger partial charge in [0.15, 0.2) is 0 Å². The Morgan fingerprint density at radius 3 is 1.76 bits per heavy atom. The summed E-state index contributed by atoms with van der Waals surface area (Å²) in [5, 5.41) is 3.85. The van der Waals surface area contributed by atoms with Crippen molar-refractivity contribution in [1.82, 2.24) is 5.32 Å². The van der Waals surface area contributed by atoms with Crippen molar-refractivity contribution in [3.05, 3.63) is 52.2 Å². The number of fused-ring (bicyclic) bond motifs is 2. The van der Waals surface area contributed by atoms with Crippen molar-refractivity contribution < 1.29 is 13.9 Å². The van der Waals surface area contributed by atoms with E-state index in [9.17, 15) is 9.59 Å². The minimum atomic E-state index is -0.160. The number of benzene rings is 2. The van der Waals surface area contributed by atoms with Gasteiger partial charge < -0.3 is 14.5 Å². The van der Waals surface area contributed by atoms with E-state index in [0.29, 0.717) is 39.8 Å². The van der Waals surface area contributed by atoms with E-state index >= 15 is 0 Å². The summed E-state index contributed by atoms with van der Waals surface area (Å²) in [6.07, 6.45) is 21.3. The first kappa shape index (κ1) is 29.7. The summed E-state index contributed by atoms with van der Waals surface area (Å²) in [5.41, 5.74) is 1.29. The molecular weight excluding hydrogens is 474 g/mol. The van der Waals surface area contributed by atoms with E-state index in [-0.39, 0.29) is 11.3 Å². The smallest absolute Gasteiger partial charge is 0.251 e. The van der Waals surface area contributed by atoms with Gasteiger partial charge in [-0.2, -0.15) is 0 Å². The Bertz CT molecular complexity index is 1180. The average Bonchev–Trinajstić information content (AvgIpc) is 2.94. The largest absolute Gasteiger partial charge is 0.497 e. The predicted octanol–water partition coefficient (Wildman–Crippen LogP) is 8.95. The van der Waals surface area contributed by atoms with Crippen molar-refractivity contribution in [3.8, 4) is 5.75 Å². The summed E-state index contributed by atoms with van der Waals surface area (Å²) in [4.78, 5) is 25.7. The van der Waals surface area contributed by atoms with Crippen molar-refractivity contribution in [1.29, 1.82) is 0 Å². The first-order chi connectivity index (χ1) is 18.6. The van der Waals surface area contributed by atoms with Crippen molar-refractivity contribution in [2.45, 2.75) is 110 Å². The molecule has 0 unspecified atom stereocenters. The van der Waals surface area contributed by atoms with E-state index < -0.39 is 0 Å². The van der Waals surface area contributed by atoms with Crippen LogP contribution in [0.15, 0.2) is 45.6 Å². The maximum atomic E-state index is 13.0. The number of methoxy groups -OCH3 is 1. The molecular formula is C33H47NO4. The van der Waals surface area contributed by atoms with Crippen molar-refractivity contribution >= 4 is 27.8 Å². The third kappa shape index (κ3) is 9.49. The maximum Gasteiger partial charge on any atom is 0.251 e. The molecule has 1 amide bonds. The molecule has 0 fully saturated rings. The van der Waals surface area contributed by atoms with E-state index in [1.165, 1.54) is 89.9 Å². The molecule has 208 valence electrons. The fraction of sp³-hybridized carbons (Fsp3) is 0.576. The minimum absolute atomic E-state index is 0.155. The van der Waals surface area contributed by atoms with Gasteiger partial charge >= 0.3 is 0 Å². The van der Waals surface area contributed by atoms with Gasteiger partial charge in [0.1, 0.15) is 16.9 Å². The quantitative estimate of drug-likeness (QED) is 0.126. The number of nitrogens with one attached hydrogen (secondary N) is 1. The Morgan fingerprint density at radius 1 is 0.711 bits per heavy atom. The summed E-state index contributed by atoms with van der Waals surface area (Å²) < 4.78 is 11.1. The highest BCUT2D eigenvalue weighted by atomic mass is 16.5. The second-order valence-corrected chi connectivity index (χ2v) is 10.6. The maximum absolute atomic E-state index is 13.0. The molecule has 0 saturated carbocycles. The molecule has 0 aliphatic carbocycles. The SMILES string of the molecule is CCCCCCCCCCCCCCCCCCNC(=O)c1ccc2oc3ccc(OC)cc3c(=O)c2c1. The zero-order chi connectivity index (χ0) is 27.0. The summed E-state index contributed by atoms with van der Waals surface area (Å²) in [7, 11) is 1.56. The molecule has 2 aromatic carbocycles. The number of amides is 1. The summed E-state index contributed by atoms with van der Waals surface area (Å²) >= 11 is 0. The molecule has 1 N–H and O–H groups in total. The molecule has 5 heteroatoms. The van der Waals surface area contributed by atoms with Crippen LogP contribution >= 0.6 is 0 Å². The molecule has 0 atom stereocenters. The molecule has 5 nitrogen and oxygen atoms in total. The van der Waals surface area contributed by atoms with Crippen LogP contribution in [0.3, 0.4) is 0 Å². The highest BCUT2D eigenvalue weighted by Gasteiger charge is 2.12. The van der Waals surface area contributed by atoms with Gasteiger partial charge in [-0.3, -0.25) is 9.59 Å². The Kier molecular flexibility index (Phi) is 13.2. The Labute approximate surface area is 228 Å². The van der Waals surface area contributed by atoms with Crippen LogP contribution in [-0.2, 0) is 0 Å². The highest BCUT2D eigenvalue weighted by Crippen LogP contribution is 2.23. The summed E-state index contributed by atoms with van der Waals surface area (Å²) in [6.45, 7) is 2.93. The molecule has 1 heterocycles. The Morgan fingerprint density at radius 2 is 1.21 bits per heavy atom. The van der Waals surface area contributed by atoms with Crippen LogP contribution in [0.4, 0.5) is 0 Å². The van der Waals surface area contributed by atoms with Crippen LogP contribution < -0.4 is 15.5 Å². The molecule has 0 saturated heterocycles. The van der Waals surface area contributed by atoms with Gasteiger partial charge in [0.25, 0.3) is 5.91 Å². The van der Waals surface area contributed by atoms with Gasteiger partial charge in [-0.05, 0) is 42.8 Å². The number of hydrogen-bond donors (Lipinski definition) is 1. The first-order valence-corrected chi connectivity index (χ1v) is 15.0. The summed E-state index contributed by atoms with van der Waals surface area (Å²) in [5.74, 6) is 0.440. The van der Waals surface area contributed by atoms with Gasteiger partial charge in [0, 0.05) is 12.1 Å². The molecule has 0 aliphatic rings. The first-order valence-electron chi connectivity index (χ1n) is 15.0.